The zero-order chi connectivity index (χ0) is 21.8. The van der Waals surface area contributed by atoms with Crippen LogP contribution in [0.5, 0.6) is 0 Å². The van der Waals surface area contributed by atoms with Crippen LogP contribution in [-0.4, -0.2) is 24.6 Å². The van der Waals surface area contributed by atoms with Crippen molar-refractivity contribution in [1.29, 1.82) is 0 Å². The van der Waals surface area contributed by atoms with Gasteiger partial charge in [0.1, 0.15) is 5.76 Å². The van der Waals surface area contributed by atoms with Crippen LogP contribution in [0.25, 0.3) is 11.7 Å². The van der Waals surface area contributed by atoms with Gasteiger partial charge in [0.15, 0.2) is 15.6 Å². The van der Waals surface area contributed by atoms with E-state index in [0.717, 1.165) is 32.1 Å². The number of rotatable bonds is 7. The fourth-order valence-electron chi connectivity index (χ4n) is 3.97. The second kappa shape index (κ2) is 9.09. The summed E-state index contributed by atoms with van der Waals surface area (Å²) >= 11 is 0. The fourth-order valence-corrected chi connectivity index (χ4v) is 5.90. The van der Waals surface area contributed by atoms with Crippen molar-refractivity contribution in [2.75, 3.05) is 5.32 Å². The third-order valence-electron chi connectivity index (χ3n) is 5.59. The summed E-state index contributed by atoms with van der Waals surface area (Å²) < 4.78 is 36.4. The van der Waals surface area contributed by atoms with Gasteiger partial charge in [-0.15, -0.1) is 0 Å². The molecule has 2 aromatic heterocycles. The van der Waals surface area contributed by atoms with Crippen LogP contribution in [0, 0.1) is 6.92 Å². The molecule has 1 amide bonds. The van der Waals surface area contributed by atoms with Gasteiger partial charge < -0.3 is 14.2 Å². The molecule has 0 saturated heterocycles. The average Bonchev–Trinajstić information content (AvgIpc) is 3.39. The van der Waals surface area contributed by atoms with Crippen molar-refractivity contribution >= 4 is 21.4 Å². The Bertz CT molecular complexity index is 1140. The molecule has 31 heavy (non-hydrogen) atoms. The number of aromatic nitrogens is 1. The van der Waals surface area contributed by atoms with Gasteiger partial charge in [-0.2, -0.15) is 0 Å². The summed E-state index contributed by atoms with van der Waals surface area (Å²) in [6, 6.07) is 10.5. The number of furan rings is 1. The highest BCUT2D eigenvalue weighted by atomic mass is 32.2. The van der Waals surface area contributed by atoms with E-state index in [-0.39, 0.29) is 23.3 Å². The van der Waals surface area contributed by atoms with Gasteiger partial charge >= 0.3 is 0 Å². The second-order valence-electron chi connectivity index (χ2n) is 7.99. The maximum Gasteiger partial charge on any atom is 0.263 e. The van der Waals surface area contributed by atoms with Crippen LogP contribution in [-0.2, 0) is 26.8 Å². The molecule has 0 bridgehead atoms. The second-order valence-corrected chi connectivity index (χ2v) is 10.3. The van der Waals surface area contributed by atoms with E-state index in [0.29, 0.717) is 34.4 Å². The zero-order valence-electron chi connectivity index (χ0n) is 17.5. The summed E-state index contributed by atoms with van der Waals surface area (Å²) in [6.07, 6.45) is 6.13. The summed E-state index contributed by atoms with van der Waals surface area (Å²) in [5.74, 6) is 1.13. The van der Waals surface area contributed by atoms with Crippen molar-refractivity contribution in [3.8, 4) is 11.7 Å². The maximum atomic E-state index is 12.8. The maximum absolute atomic E-state index is 12.8. The highest BCUT2D eigenvalue weighted by Crippen LogP contribution is 2.27. The monoisotopic (exact) mass is 442 g/mol. The Morgan fingerprint density at radius 2 is 1.97 bits per heavy atom. The first-order chi connectivity index (χ1) is 14.9. The van der Waals surface area contributed by atoms with Gasteiger partial charge in [0.2, 0.25) is 5.91 Å². The predicted molar refractivity (Wildman–Crippen MR) is 117 cm³/mol. The first-order valence-corrected chi connectivity index (χ1v) is 12.2. The topological polar surface area (TPSA) is 102 Å². The lowest BCUT2D eigenvalue weighted by Crippen LogP contribution is -2.25. The molecule has 0 aliphatic heterocycles. The lowest BCUT2D eigenvalue weighted by Gasteiger charge is -2.21. The number of sulfone groups is 1. The van der Waals surface area contributed by atoms with E-state index in [2.05, 4.69) is 10.3 Å². The van der Waals surface area contributed by atoms with Crippen molar-refractivity contribution in [2.45, 2.75) is 56.5 Å². The molecule has 2 heterocycles. The zero-order valence-corrected chi connectivity index (χ0v) is 18.3. The Labute approximate surface area is 181 Å². The van der Waals surface area contributed by atoms with Gasteiger partial charge in [-0.1, -0.05) is 31.4 Å². The van der Waals surface area contributed by atoms with Crippen LogP contribution in [0.3, 0.4) is 0 Å². The number of oxazole rings is 1. The van der Waals surface area contributed by atoms with Crippen molar-refractivity contribution < 1.29 is 22.0 Å². The normalized spacial score (nSPS) is 15.1. The van der Waals surface area contributed by atoms with E-state index in [1.807, 2.05) is 0 Å². The first kappa shape index (κ1) is 21.4. The molecule has 8 heteroatoms. The van der Waals surface area contributed by atoms with Crippen LogP contribution in [0.2, 0.25) is 0 Å². The molecule has 1 aliphatic carbocycles. The molecule has 1 aromatic carbocycles. The van der Waals surface area contributed by atoms with Crippen molar-refractivity contribution in [1.82, 2.24) is 4.98 Å². The Balaban J connectivity index is 1.40. The van der Waals surface area contributed by atoms with E-state index in [1.165, 1.54) is 6.26 Å². The number of nitrogens with zero attached hydrogens (tertiary/aromatic N) is 1. The Hall–Kier alpha value is -2.87. The third kappa shape index (κ3) is 5.25. The molecule has 4 rings (SSSR count). The van der Waals surface area contributed by atoms with E-state index in [1.54, 1.807) is 43.3 Å². The number of aryl methyl sites for hydroxylation is 1. The quantitative estimate of drug-likeness (QED) is 0.570. The Morgan fingerprint density at radius 1 is 1.16 bits per heavy atom. The molecular weight excluding hydrogens is 416 g/mol. The summed E-state index contributed by atoms with van der Waals surface area (Å²) in [4.78, 5) is 16.9. The molecule has 0 unspecified atom stereocenters. The number of hydrogen-bond donors (Lipinski definition) is 1. The highest BCUT2D eigenvalue weighted by molar-refractivity contribution is 7.91. The van der Waals surface area contributed by atoms with Gasteiger partial charge in [-0.05, 0) is 49.6 Å². The molecular formula is C23H26N2O5S. The van der Waals surface area contributed by atoms with E-state index >= 15 is 0 Å². The van der Waals surface area contributed by atoms with Crippen LogP contribution in [0.1, 0.15) is 49.1 Å². The standard InChI is InChI=1S/C23H26N2O5S/c1-16-20(25-23(30-16)21-11-6-12-29-21)14-22(26)24-18-8-5-7-17(13-18)15-31(27,28)19-9-3-2-4-10-19/h5-8,11-13,19H,2-4,9-10,14-15H2,1H3,(H,24,26). The van der Waals surface area contributed by atoms with E-state index in [9.17, 15) is 13.2 Å². The molecule has 0 spiro atoms. The lowest BCUT2D eigenvalue weighted by molar-refractivity contribution is -0.115. The van der Waals surface area contributed by atoms with Crippen LogP contribution in [0.15, 0.2) is 51.5 Å². The fraction of sp³-hybridized carbons (Fsp3) is 0.391. The third-order valence-corrected chi connectivity index (χ3v) is 7.81. The minimum atomic E-state index is -3.20. The van der Waals surface area contributed by atoms with Gasteiger partial charge in [0.05, 0.1) is 29.4 Å². The summed E-state index contributed by atoms with van der Waals surface area (Å²) in [7, 11) is -3.20. The number of carbonyl (C=O) groups is 1. The van der Waals surface area contributed by atoms with E-state index < -0.39 is 9.84 Å². The van der Waals surface area contributed by atoms with Crippen molar-refractivity contribution in [2.24, 2.45) is 0 Å². The SMILES string of the molecule is Cc1oc(-c2ccco2)nc1CC(=O)Nc1cccc(CS(=O)(=O)C2CCCCC2)c1. The van der Waals surface area contributed by atoms with E-state index in [4.69, 9.17) is 8.83 Å². The first-order valence-electron chi connectivity index (χ1n) is 10.5. The number of hydrogen-bond acceptors (Lipinski definition) is 6. The molecule has 3 aromatic rings. The lowest BCUT2D eigenvalue weighted by atomic mass is 10.0. The van der Waals surface area contributed by atoms with Crippen molar-refractivity contribution in [3.63, 3.8) is 0 Å². The van der Waals surface area contributed by atoms with Crippen LogP contribution >= 0.6 is 0 Å². The number of benzene rings is 1. The molecule has 1 aliphatic rings. The number of anilines is 1. The largest absolute Gasteiger partial charge is 0.459 e. The van der Waals surface area contributed by atoms with Crippen LogP contribution in [0.4, 0.5) is 5.69 Å². The predicted octanol–water partition coefficient (Wildman–Crippen LogP) is 4.67. The number of carbonyl (C=O) groups excluding carboxylic acids is 1. The molecule has 0 radical (unpaired) electrons. The van der Waals surface area contributed by atoms with Gasteiger partial charge in [-0.25, -0.2) is 13.4 Å². The molecule has 0 atom stereocenters. The van der Waals surface area contributed by atoms with Crippen molar-refractivity contribution in [3.05, 3.63) is 59.7 Å². The number of nitrogens with one attached hydrogen (secondary N) is 1. The number of amides is 1. The van der Waals surface area contributed by atoms with Crippen LogP contribution < -0.4 is 5.32 Å². The molecule has 1 fully saturated rings. The Morgan fingerprint density at radius 3 is 2.71 bits per heavy atom. The van der Waals surface area contributed by atoms with Gasteiger partial charge in [0.25, 0.3) is 5.89 Å². The highest BCUT2D eigenvalue weighted by Gasteiger charge is 2.27. The molecule has 1 saturated carbocycles. The summed E-state index contributed by atoms with van der Waals surface area (Å²) in [5, 5.41) is 2.58. The summed E-state index contributed by atoms with van der Waals surface area (Å²) in [6.45, 7) is 1.75. The minimum Gasteiger partial charge on any atom is -0.459 e. The van der Waals surface area contributed by atoms with Gasteiger partial charge in [-0.3, -0.25) is 4.79 Å². The van der Waals surface area contributed by atoms with Gasteiger partial charge in [0, 0.05) is 5.69 Å². The molecule has 164 valence electrons. The smallest absolute Gasteiger partial charge is 0.263 e. The molecule has 1 N–H and O–H groups in total. The average molecular weight is 443 g/mol. The minimum absolute atomic E-state index is 0.00369. The summed E-state index contributed by atoms with van der Waals surface area (Å²) in [5.41, 5.74) is 1.77. The Kier molecular flexibility index (Phi) is 6.27. The molecule has 7 nitrogen and oxygen atoms in total.